The Kier molecular flexibility index (Phi) is 3.48. The molecule has 0 aliphatic rings. The van der Waals surface area contributed by atoms with Gasteiger partial charge in [-0.2, -0.15) is 0 Å². The number of carbonyl (C=O) groups is 2. The van der Waals surface area contributed by atoms with Crippen molar-refractivity contribution in [1.82, 2.24) is 10.3 Å². The molecule has 0 aromatic carbocycles. The van der Waals surface area contributed by atoms with Crippen LogP contribution < -0.4 is 10.2 Å². The molecule has 0 aliphatic carbocycles. The molecule has 0 spiro atoms. The van der Waals surface area contributed by atoms with E-state index in [1.54, 1.807) is 5.38 Å². The van der Waals surface area contributed by atoms with Crippen LogP contribution in [0.5, 0.6) is 0 Å². The van der Waals surface area contributed by atoms with Gasteiger partial charge in [0.15, 0.2) is 0 Å². The third-order valence-electron chi connectivity index (χ3n) is 2.11. The summed E-state index contributed by atoms with van der Waals surface area (Å²) in [6.45, 7) is 2.76. The van der Waals surface area contributed by atoms with Gasteiger partial charge in [-0.1, -0.05) is 11.3 Å². The smallest absolute Gasteiger partial charge is 0.318 e. The fraction of sp³-hybridized carbons (Fsp3) is 0.444. The van der Waals surface area contributed by atoms with Gasteiger partial charge in [0.1, 0.15) is 5.41 Å². The van der Waals surface area contributed by atoms with Gasteiger partial charge >= 0.3 is 10.8 Å². The average Bonchev–Trinajstić information content (AvgIpc) is 2.60. The van der Waals surface area contributed by atoms with E-state index in [0.29, 0.717) is 5.69 Å². The standard InChI is InChI=1S/C9H12N2O4S/c1-9(2,7(13)14)6(12)10-3-5-4-16-8(15)11-5/h4H,3H2,1-2H3,(H,10,12)(H,11,15)(H,13,14). The van der Waals surface area contributed by atoms with Gasteiger partial charge in [0.25, 0.3) is 0 Å². The predicted octanol–water partition coefficient (Wildman–Crippen LogP) is 0.163. The molecular weight excluding hydrogens is 232 g/mol. The minimum Gasteiger partial charge on any atom is -0.480 e. The Morgan fingerprint density at radius 3 is 2.62 bits per heavy atom. The van der Waals surface area contributed by atoms with Crippen molar-refractivity contribution in [2.75, 3.05) is 0 Å². The van der Waals surface area contributed by atoms with Crippen LogP contribution in [-0.2, 0) is 16.1 Å². The summed E-state index contributed by atoms with van der Waals surface area (Å²) in [7, 11) is 0. The van der Waals surface area contributed by atoms with Gasteiger partial charge in [0.05, 0.1) is 6.54 Å². The van der Waals surface area contributed by atoms with Gasteiger partial charge in [0.2, 0.25) is 5.91 Å². The maximum Gasteiger partial charge on any atom is 0.318 e. The Balaban J connectivity index is 2.60. The van der Waals surface area contributed by atoms with Crippen LogP contribution in [0.3, 0.4) is 0 Å². The van der Waals surface area contributed by atoms with Gasteiger partial charge in [-0.15, -0.1) is 0 Å². The van der Waals surface area contributed by atoms with Crippen LogP contribution in [0, 0.1) is 5.41 Å². The molecule has 0 radical (unpaired) electrons. The van der Waals surface area contributed by atoms with E-state index < -0.39 is 17.3 Å². The maximum absolute atomic E-state index is 11.5. The van der Waals surface area contributed by atoms with Crippen molar-refractivity contribution in [3.05, 3.63) is 20.7 Å². The van der Waals surface area contributed by atoms with Crippen LogP contribution in [0.15, 0.2) is 10.2 Å². The molecule has 7 heteroatoms. The maximum atomic E-state index is 11.5. The van der Waals surface area contributed by atoms with E-state index in [1.165, 1.54) is 13.8 Å². The van der Waals surface area contributed by atoms with Crippen LogP contribution in [0.1, 0.15) is 19.5 Å². The largest absolute Gasteiger partial charge is 0.480 e. The van der Waals surface area contributed by atoms with Crippen molar-refractivity contribution >= 4 is 23.2 Å². The topological polar surface area (TPSA) is 99.3 Å². The second-order valence-electron chi connectivity index (χ2n) is 3.79. The number of rotatable bonds is 4. The zero-order valence-electron chi connectivity index (χ0n) is 8.86. The molecule has 0 saturated carbocycles. The highest BCUT2D eigenvalue weighted by atomic mass is 32.1. The van der Waals surface area contributed by atoms with Crippen LogP contribution in [0.2, 0.25) is 0 Å². The molecule has 1 aromatic rings. The Bertz CT molecular complexity index is 460. The Labute approximate surface area is 95.3 Å². The molecular formula is C9H12N2O4S. The second kappa shape index (κ2) is 4.48. The fourth-order valence-electron chi connectivity index (χ4n) is 0.894. The number of amides is 1. The number of carbonyl (C=O) groups excluding carboxylic acids is 1. The Morgan fingerprint density at radius 1 is 1.56 bits per heavy atom. The number of hydrogen-bond donors (Lipinski definition) is 3. The Morgan fingerprint density at radius 2 is 2.19 bits per heavy atom. The Hall–Kier alpha value is -1.63. The molecule has 3 N–H and O–H groups in total. The summed E-state index contributed by atoms with van der Waals surface area (Å²) in [6.07, 6.45) is 0. The molecule has 0 bridgehead atoms. The van der Waals surface area contributed by atoms with Gasteiger partial charge in [-0.25, -0.2) is 0 Å². The molecule has 1 heterocycles. The molecule has 0 saturated heterocycles. The number of hydrogen-bond acceptors (Lipinski definition) is 4. The molecule has 0 unspecified atom stereocenters. The van der Waals surface area contributed by atoms with Crippen LogP contribution in [0.25, 0.3) is 0 Å². The molecule has 0 fully saturated rings. The summed E-state index contributed by atoms with van der Waals surface area (Å²) in [5.41, 5.74) is -0.916. The van der Waals surface area contributed by atoms with E-state index in [2.05, 4.69) is 10.3 Å². The van der Waals surface area contributed by atoms with E-state index >= 15 is 0 Å². The summed E-state index contributed by atoms with van der Waals surface area (Å²) < 4.78 is 0. The van der Waals surface area contributed by atoms with Crippen molar-refractivity contribution < 1.29 is 14.7 Å². The first-order chi connectivity index (χ1) is 7.34. The molecule has 88 valence electrons. The van der Waals surface area contributed by atoms with Gasteiger partial charge in [-0.05, 0) is 13.8 Å². The van der Waals surface area contributed by atoms with Crippen LogP contribution >= 0.6 is 11.3 Å². The lowest BCUT2D eigenvalue weighted by Crippen LogP contribution is -2.42. The number of thiazole rings is 1. The van der Waals surface area contributed by atoms with Crippen molar-refractivity contribution in [2.24, 2.45) is 5.41 Å². The molecule has 16 heavy (non-hydrogen) atoms. The summed E-state index contributed by atoms with van der Waals surface area (Å²) >= 11 is 0.991. The van der Waals surface area contributed by atoms with Crippen LogP contribution in [-0.4, -0.2) is 22.0 Å². The van der Waals surface area contributed by atoms with Crippen molar-refractivity contribution in [1.29, 1.82) is 0 Å². The first kappa shape index (κ1) is 12.4. The normalized spacial score (nSPS) is 11.1. The van der Waals surface area contributed by atoms with Crippen molar-refractivity contribution in [3.63, 3.8) is 0 Å². The lowest BCUT2D eigenvalue weighted by molar-refractivity contribution is -0.153. The minimum atomic E-state index is -1.48. The first-order valence-corrected chi connectivity index (χ1v) is 5.40. The number of aromatic nitrogens is 1. The van der Waals surface area contributed by atoms with E-state index in [1.807, 2.05) is 0 Å². The summed E-state index contributed by atoms with van der Waals surface area (Å²) in [4.78, 5) is 35.4. The average molecular weight is 244 g/mol. The summed E-state index contributed by atoms with van der Waals surface area (Å²) in [5, 5.41) is 12.8. The highest BCUT2D eigenvalue weighted by molar-refractivity contribution is 7.07. The fourth-order valence-corrected chi connectivity index (χ4v) is 1.48. The predicted molar refractivity (Wildman–Crippen MR) is 58.2 cm³/mol. The van der Waals surface area contributed by atoms with Crippen LogP contribution in [0.4, 0.5) is 0 Å². The monoisotopic (exact) mass is 244 g/mol. The van der Waals surface area contributed by atoms with E-state index in [-0.39, 0.29) is 11.4 Å². The molecule has 1 amide bonds. The second-order valence-corrected chi connectivity index (χ2v) is 4.63. The quantitative estimate of drug-likeness (QED) is 0.657. The third kappa shape index (κ3) is 2.69. The van der Waals surface area contributed by atoms with Gasteiger partial charge in [-0.3, -0.25) is 14.4 Å². The molecule has 6 nitrogen and oxygen atoms in total. The lowest BCUT2D eigenvalue weighted by Gasteiger charge is -2.17. The molecule has 1 aromatic heterocycles. The number of H-pyrrole nitrogens is 1. The number of nitrogens with one attached hydrogen (secondary N) is 2. The third-order valence-corrected chi connectivity index (χ3v) is 2.83. The van der Waals surface area contributed by atoms with Gasteiger partial charge < -0.3 is 15.4 Å². The lowest BCUT2D eigenvalue weighted by atomic mass is 9.93. The highest BCUT2D eigenvalue weighted by Crippen LogP contribution is 2.15. The highest BCUT2D eigenvalue weighted by Gasteiger charge is 2.35. The molecule has 0 atom stereocenters. The zero-order chi connectivity index (χ0) is 12.3. The molecule has 0 aliphatic heterocycles. The summed E-state index contributed by atoms with van der Waals surface area (Å²) in [6, 6.07) is 0. The van der Waals surface area contributed by atoms with E-state index in [0.717, 1.165) is 11.3 Å². The first-order valence-electron chi connectivity index (χ1n) is 4.52. The number of aliphatic carboxylic acids is 1. The van der Waals surface area contributed by atoms with Crippen molar-refractivity contribution in [3.8, 4) is 0 Å². The van der Waals surface area contributed by atoms with Crippen molar-refractivity contribution in [2.45, 2.75) is 20.4 Å². The minimum absolute atomic E-state index is 0.119. The molecule has 1 rings (SSSR count). The number of carboxylic acid groups (broad SMARTS) is 1. The van der Waals surface area contributed by atoms with E-state index in [9.17, 15) is 14.4 Å². The number of carboxylic acids is 1. The zero-order valence-corrected chi connectivity index (χ0v) is 9.68. The SMILES string of the molecule is CC(C)(C(=O)O)C(=O)NCc1csc(=O)[nH]1. The number of aromatic amines is 1. The summed E-state index contributed by atoms with van der Waals surface area (Å²) in [5.74, 6) is -1.78. The van der Waals surface area contributed by atoms with E-state index in [4.69, 9.17) is 5.11 Å². The van der Waals surface area contributed by atoms with Gasteiger partial charge in [0, 0.05) is 11.1 Å².